The molecule has 0 spiro atoms. The highest BCUT2D eigenvalue weighted by Crippen LogP contribution is 2.07. The number of carbonyl (C=O) groups is 1. The maximum atomic E-state index is 11.7. The molecule has 0 saturated carbocycles. The van der Waals surface area contributed by atoms with Gasteiger partial charge in [0, 0.05) is 23.6 Å². The van der Waals surface area contributed by atoms with Gasteiger partial charge < -0.3 is 5.32 Å². The van der Waals surface area contributed by atoms with E-state index in [2.05, 4.69) is 16.4 Å². The maximum absolute atomic E-state index is 11.7. The second-order valence-corrected chi connectivity index (χ2v) is 2.98. The van der Waals surface area contributed by atoms with Crippen molar-refractivity contribution in [1.29, 1.82) is 0 Å². The minimum Gasteiger partial charge on any atom is -0.322 e. The summed E-state index contributed by atoms with van der Waals surface area (Å²) in [4.78, 5) is 15.5. The van der Waals surface area contributed by atoms with Crippen LogP contribution in [0.3, 0.4) is 0 Å². The van der Waals surface area contributed by atoms with Crippen LogP contribution in [0.25, 0.3) is 0 Å². The highest BCUT2D eigenvalue weighted by Gasteiger charge is 2.03. The number of anilines is 1. The Hall–Kier alpha value is -2.16. The molecule has 1 N–H and O–H groups in total. The number of hydrogen-bond acceptors (Lipinski definition) is 2. The van der Waals surface area contributed by atoms with Crippen LogP contribution in [0, 0.1) is 6.07 Å². The predicted octanol–water partition coefficient (Wildman–Crippen LogP) is 2.13. The Morgan fingerprint density at radius 2 is 2.07 bits per heavy atom. The highest BCUT2D eigenvalue weighted by atomic mass is 16.1. The zero-order valence-electron chi connectivity index (χ0n) is 7.97. The zero-order valence-corrected chi connectivity index (χ0v) is 7.97. The van der Waals surface area contributed by atoms with Crippen molar-refractivity contribution in [2.24, 2.45) is 0 Å². The standard InChI is InChI=1S/C12H9N2O/c15-12(10-6-8-13-9-7-10)14-11-4-2-1-3-5-11/h1-2,4-9H,(H,14,15). The number of amides is 1. The second kappa shape index (κ2) is 4.37. The molecule has 1 radical (unpaired) electrons. The largest absolute Gasteiger partial charge is 0.322 e. The minimum absolute atomic E-state index is 0.142. The van der Waals surface area contributed by atoms with Crippen LogP contribution < -0.4 is 5.32 Å². The van der Waals surface area contributed by atoms with Gasteiger partial charge in [-0.1, -0.05) is 12.1 Å². The molecule has 0 unspecified atom stereocenters. The van der Waals surface area contributed by atoms with Crippen molar-refractivity contribution in [2.75, 3.05) is 5.32 Å². The molecule has 0 aliphatic rings. The van der Waals surface area contributed by atoms with Crippen molar-refractivity contribution >= 4 is 11.6 Å². The molecule has 73 valence electrons. The molecular formula is C12H9N2O. The summed E-state index contributed by atoms with van der Waals surface area (Å²) in [5, 5.41) is 2.76. The fourth-order valence-electron chi connectivity index (χ4n) is 1.18. The Labute approximate surface area is 87.8 Å². The van der Waals surface area contributed by atoms with Gasteiger partial charge in [0.15, 0.2) is 0 Å². The minimum atomic E-state index is -0.142. The number of carbonyl (C=O) groups excluding carboxylic acids is 1. The van der Waals surface area contributed by atoms with E-state index in [0.717, 1.165) is 5.69 Å². The fraction of sp³-hybridized carbons (Fsp3) is 0. The van der Waals surface area contributed by atoms with E-state index in [-0.39, 0.29) is 5.91 Å². The monoisotopic (exact) mass is 197 g/mol. The topological polar surface area (TPSA) is 42.0 Å². The number of hydrogen-bond donors (Lipinski definition) is 1. The van der Waals surface area contributed by atoms with Crippen LogP contribution in [-0.4, -0.2) is 10.9 Å². The number of nitrogens with one attached hydrogen (secondary N) is 1. The van der Waals surface area contributed by atoms with Gasteiger partial charge in [0.25, 0.3) is 5.91 Å². The molecule has 0 aliphatic carbocycles. The Morgan fingerprint density at radius 1 is 1.27 bits per heavy atom. The summed E-state index contributed by atoms with van der Waals surface area (Å²) in [5.41, 5.74) is 1.33. The number of aromatic nitrogens is 1. The first kappa shape index (κ1) is 9.40. The summed E-state index contributed by atoms with van der Waals surface area (Å²) < 4.78 is 0. The van der Waals surface area contributed by atoms with Crippen molar-refractivity contribution in [1.82, 2.24) is 4.98 Å². The third kappa shape index (κ3) is 2.40. The number of nitrogens with zero attached hydrogens (tertiary/aromatic N) is 1. The molecule has 0 saturated heterocycles. The van der Waals surface area contributed by atoms with E-state index in [1.807, 2.05) is 12.1 Å². The number of pyridine rings is 1. The van der Waals surface area contributed by atoms with E-state index >= 15 is 0 Å². The third-order valence-electron chi connectivity index (χ3n) is 1.91. The second-order valence-electron chi connectivity index (χ2n) is 2.98. The molecule has 1 aromatic carbocycles. The van der Waals surface area contributed by atoms with E-state index < -0.39 is 0 Å². The number of rotatable bonds is 2. The zero-order chi connectivity index (χ0) is 10.5. The molecule has 1 heterocycles. The summed E-state index contributed by atoms with van der Waals surface area (Å²) in [6, 6.07) is 13.4. The normalized spacial score (nSPS) is 9.60. The van der Waals surface area contributed by atoms with Crippen LogP contribution in [0.5, 0.6) is 0 Å². The van der Waals surface area contributed by atoms with Gasteiger partial charge in [-0.3, -0.25) is 9.78 Å². The Kier molecular flexibility index (Phi) is 2.74. The molecule has 3 nitrogen and oxygen atoms in total. The van der Waals surface area contributed by atoms with Crippen LogP contribution in [0.2, 0.25) is 0 Å². The van der Waals surface area contributed by atoms with Gasteiger partial charge in [0.05, 0.1) is 0 Å². The lowest BCUT2D eigenvalue weighted by atomic mass is 10.2. The first-order valence-electron chi connectivity index (χ1n) is 4.54. The molecule has 0 atom stereocenters. The van der Waals surface area contributed by atoms with E-state index in [0.29, 0.717) is 5.56 Å². The number of benzene rings is 1. The Bertz CT molecular complexity index is 440. The molecule has 3 heteroatoms. The molecule has 1 amide bonds. The molecule has 0 bridgehead atoms. The predicted molar refractivity (Wildman–Crippen MR) is 57.5 cm³/mol. The van der Waals surface area contributed by atoms with Gasteiger partial charge in [-0.25, -0.2) is 0 Å². The highest BCUT2D eigenvalue weighted by molar-refractivity contribution is 6.04. The van der Waals surface area contributed by atoms with Gasteiger partial charge in [-0.15, -0.1) is 0 Å². The lowest BCUT2D eigenvalue weighted by Crippen LogP contribution is -2.11. The van der Waals surface area contributed by atoms with E-state index in [4.69, 9.17) is 0 Å². The summed E-state index contributed by atoms with van der Waals surface area (Å²) >= 11 is 0. The summed E-state index contributed by atoms with van der Waals surface area (Å²) in [6.45, 7) is 0. The van der Waals surface area contributed by atoms with Gasteiger partial charge in [0.1, 0.15) is 0 Å². The molecule has 1 aromatic heterocycles. The third-order valence-corrected chi connectivity index (χ3v) is 1.91. The molecular weight excluding hydrogens is 188 g/mol. The quantitative estimate of drug-likeness (QED) is 0.801. The summed E-state index contributed by atoms with van der Waals surface area (Å²) in [6.07, 6.45) is 3.18. The van der Waals surface area contributed by atoms with Crippen molar-refractivity contribution in [2.45, 2.75) is 0 Å². The lowest BCUT2D eigenvalue weighted by molar-refractivity contribution is 0.102. The smallest absolute Gasteiger partial charge is 0.255 e. The van der Waals surface area contributed by atoms with Gasteiger partial charge in [0.2, 0.25) is 0 Å². The van der Waals surface area contributed by atoms with Gasteiger partial charge in [-0.2, -0.15) is 0 Å². The molecule has 2 rings (SSSR count). The van der Waals surface area contributed by atoms with Crippen LogP contribution in [0.15, 0.2) is 48.8 Å². The lowest BCUT2D eigenvalue weighted by Gasteiger charge is -2.03. The van der Waals surface area contributed by atoms with Crippen molar-refractivity contribution in [3.8, 4) is 0 Å². The fourth-order valence-corrected chi connectivity index (χ4v) is 1.18. The van der Waals surface area contributed by atoms with E-state index in [9.17, 15) is 4.79 Å². The molecule has 15 heavy (non-hydrogen) atoms. The molecule has 0 fully saturated rings. The average Bonchev–Trinajstić information content (AvgIpc) is 2.31. The van der Waals surface area contributed by atoms with Crippen molar-refractivity contribution in [3.63, 3.8) is 0 Å². The van der Waals surface area contributed by atoms with E-state index in [1.54, 1.807) is 36.7 Å². The van der Waals surface area contributed by atoms with Crippen LogP contribution >= 0.6 is 0 Å². The van der Waals surface area contributed by atoms with Crippen LogP contribution in [0.4, 0.5) is 5.69 Å². The first-order chi connectivity index (χ1) is 7.36. The van der Waals surface area contributed by atoms with Gasteiger partial charge in [-0.05, 0) is 30.3 Å². The SMILES string of the molecule is O=C(Nc1c[c]ccc1)c1ccncc1. The Balaban J connectivity index is 2.12. The summed E-state index contributed by atoms with van der Waals surface area (Å²) in [7, 11) is 0. The average molecular weight is 197 g/mol. The maximum Gasteiger partial charge on any atom is 0.255 e. The van der Waals surface area contributed by atoms with Crippen molar-refractivity contribution < 1.29 is 4.79 Å². The van der Waals surface area contributed by atoms with Gasteiger partial charge >= 0.3 is 0 Å². The first-order valence-corrected chi connectivity index (χ1v) is 4.54. The molecule has 2 aromatic rings. The Morgan fingerprint density at radius 3 is 2.73 bits per heavy atom. The summed E-state index contributed by atoms with van der Waals surface area (Å²) in [5.74, 6) is -0.142. The van der Waals surface area contributed by atoms with Crippen LogP contribution in [-0.2, 0) is 0 Å². The molecule has 0 aliphatic heterocycles. The van der Waals surface area contributed by atoms with Crippen LogP contribution in [0.1, 0.15) is 10.4 Å². The van der Waals surface area contributed by atoms with E-state index in [1.165, 1.54) is 0 Å². The van der Waals surface area contributed by atoms with Crippen molar-refractivity contribution in [3.05, 3.63) is 60.4 Å².